The molecule has 0 bridgehead atoms. The molecule has 6 nitrogen and oxygen atoms in total. The molecule has 0 aliphatic rings. The Kier molecular flexibility index (Phi) is 8.70. The van der Waals surface area contributed by atoms with Crippen molar-refractivity contribution in [3.63, 3.8) is 0 Å². The highest BCUT2D eigenvalue weighted by Crippen LogP contribution is 2.26. The van der Waals surface area contributed by atoms with Crippen LogP contribution in [0, 0.1) is 5.92 Å². The third kappa shape index (κ3) is 7.74. The molecule has 0 unspecified atom stereocenters. The summed E-state index contributed by atoms with van der Waals surface area (Å²) in [7, 11) is 0. The van der Waals surface area contributed by atoms with Crippen molar-refractivity contribution >= 4 is 45.1 Å². The molecule has 1 aromatic carbocycles. The molecule has 0 atom stereocenters. The number of carbonyl (C=O) groups excluding carboxylic acids is 2. The van der Waals surface area contributed by atoms with E-state index in [1.165, 1.54) is 5.56 Å². The Bertz CT molecular complexity index is 608. The molecule has 0 fully saturated rings. The second-order valence-electron chi connectivity index (χ2n) is 5.56. The quantitative estimate of drug-likeness (QED) is 0.491. The van der Waals surface area contributed by atoms with E-state index in [1.807, 2.05) is 26.0 Å². The molecule has 8 heteroatoms. The smallest absolute Gasteiger partial charge is 0.276 e. The van der Waals surface area contributed by atoms with Crippen LogP contribution >= 0.6 is 28.1 Å². The summed E-state index contributed by atoms with van der Waals surface area (Å²) in [6.07, 6.45) is 1.28. The molecule has 3 N–H and O–H groups in total. The summed E-state index contributed by atoms with van der Waals surface area (Å²) in [5, 5.41) is 2.52. The van der Waals surface area contributed by atoms with Crippen molar-refractivity contribution in [2.75, 3.05) is 6.61 Å². The van der Waals surface area contributed by atoms with Crippen molar-refractivity contribution < 1.29 is 14.3 Å². The van der Waals surface area contributed by atoms with Crippen LogP contribution in [0.1, 0.15) is 32.8 Å². The van der Waals surface area contributed by atoms with Gasteiger partial charge in [0.15, 0.2) is 11.7 Å². The first kappa shape index (κ1) is 20.4. The summed E-state index contributed by atoms with van der Waals surface area (Å²) in [6.45, 7) is 5.74. The SMILES string of the molecule is CCc1ccc(OCC(=O)NNC(=S)NC(=O)CC(C)C)c(Br)c1. The molecular weight excluding hydrogens is 394 g/mol. The predicted octanol–water partition coefficient (Wildman–Crippen LogP) is 2.46. The number of benzene rings is 1. The van der Waals surface area contributed by atoms with Crippen LogP contribution in [0.2, 0.25) is 0 Å². The van der Waals surface area contributed by atoms with Crippen molar-refractivity contribution in [1.82, 2.24) is 16.2 Å². The van der Waals surface area contributed by atoms with Gasteiger partial charge in [-0.1, -0.05) is 26.8 Å². The van der Waals surface area contributed by atoms with Crippen LogP contribution in [0.5, 0.6) is 5.75 Å². The zero-order valence-electron chi connectivity index (χ0n) is 13.9. The fraction of sp³-hybridized carbons (Fsp3) is 0.438. The highest BCUT2D eigenvalue weighted by molar-refractivity contribution is 9.10. The number of amides is 2. The monoisotopic (exact) mass is 415 g/mol. The van der Waals surface area contributed by atoms with Crippen LogP contribution in [0.25, 0.3) is 0 Å². The molecular formula is C16H22BrN3O3S. The fourth-order valence-electron chi connectivity index (χ4n) is 1.77. The van der Waals surface area contributed by atoms with Crippen LogP contribution in [0.3, 0.4) is 0 Å². The van der Waals surface area contributed by atoms with Crippen molar-refractivity contribution in [2.24, 2.45) is 5.92 Å². The summed E-state index contributed by atoms with van der Waals surface area (Å²) in [6, 6.07) is 5.70. The second kappa shape index (κ2) is 10.2. The maximum Gasteiger partial charge on any atom is 0.276 e. The van der Waals surface area contributed by atoms with Gasteiger partial charge in [-0.25, -0.2) is 0 Å². The van der Waals surface area contributed by atoms with Crippen LogP contribution in [-0.4, -0.2) is 23.5 Å². The zero-order chi connectivity index (χ0) is 18.1. The van der Waals surface area contributed by atoms with Crippen molar-refractivity contribution in [3.8, 4) is 5.75 Å². The minimum Gasteiger partial charge on any atom is -0.483 e. The lowest BCUT2D eigenvalue weighted by Crippen LogP contribution is -2.49. The number of hydrogen-bond acceptors (Lipinski definition) is 4. The molecule has 2 amide bonds. The van der Waals surface area contributed by atoms with Gasteiger partial charge < -0.3 is 10.1 Å². The number of thiocarbonyl (C=S) groups is 1. The van der Waals surface area contributed by atoms with Gasteiger partial charge >= 0.3 is 0 Å². The second-order valence-corrected chi connectivity index (χ2v) is 6.82. The largest absolute Gasteiger partial charge is 0.483 e. The van der Waals surface area contributed by atoms with E-state index in [4.69, 9.17) is 17.0 Å². The van der Waals surface area contributed by atoms with E-state index in [0.29, 0.717) is 12.2 Å². The van der Waals surface area contributed by atoms with Crippen LogP contribution in [0.15, 0.2) is 22.7 Å². The standard InChI is InChI=1S/C16H22BrN3O3S/c1-4-11-5-6-13(12(17)8-11)23-9-15(22)19-20-16(24)18-14(21)7-10(2)3/h5-6,8,10H,4,7,9H2,1-3H3,(H,19,22)(H2,18,20,21,24). The molecule has 0 spiro atoms. The van der Waals surface area contributed by atoms with Gasteiger partial charge in [-0.3, -0.25) is 20.4 Å². The predicted molar refractivity (Wildman–Crippen MR) is 100 cm³/mol. The number of rotatable bonds is 6. The van der Waals surface area contributed by atoms with Crippen LogP contribution in [-0.2, 0) is 16.0 Å². The Hall–Kier alpha value is -1.67. The summed E-state index contributed by atoms with van der Waals surface area (Å²) < 4.78 is 6.23. The highest BCUT2D eigenvalue weighted by atomic mass is 79.9. The molecule has 1 rings (SSSR count). The van der Waals surface area contributed by atoms with Gasteiger partial charge in [0.1, 0.15) is 5.75 Å². The van der Waals surface area contributed by atoms with Gasteiger partial charge in [0, 0.05) is 6.42 Å². The maximum atomic E-state index is 11.7. The Labute approximate surface area is 155 Å². The van der Waals surface area contributed by atoms with Gasteiger partial charge in [-0.05, 0) is 58.2 Å². The molecule has 24 heavy (non-hydrogen) atoms. The summed E-state index contributed by atoms with van der Waals surface area (Å²) in [5.74, 6) is 0.193. The minimum absolute atomic E-state index is 0.0440. The third-order valence-electron chi connectivity index (χ3n) is 2.93. The van der Waals surface area contributed by atoms with Gasteiger partial charge in [0.2, 0.25) is 5.91 Å². The van der Waals surface area contributed by atoms with Crippen molar-refractivity contribution in [3.05, 3.63) is 28.2 Å². The van der Waals surface area contributed by atoms with Gasteiger partial charge in [-0.15, -0.1) is 0 Å². The fourth-order valence-corrected chi connectivity index (χ4v) is 2.47. The van der Waals surface area contributed by atoms with E-state index in [-0.39, 0.29) is 23.5 Å². The van der Waals surface area contributed by atoms with Gasteiger partial charge in [0.05, 0.1) is 4.47 Å². The topological polar surface area (TPSA) is 79.5 Å². The Morgan fingerprint density at radius 3 is 2.54 bits per heavy atom. The molecule has 0 aliphatic carbocycles. The zero-order valence-corrected chi connectivity index (χ0v) is 16.3. The van der Waals surface area contributed by atoms with E-state index in [1.54, 1.807) is 6.07 Å². The van der Waals surface area contributed by atoms with Crippen molar-refractivity contribution in [1.29, 1.82) is 0 Å². The molecule has 1 aromatic rings. The molecule has 0 heterocycles. The Morgan fingerprint density at radius 1 is 1.25 bits per heavy atom. The normalized spacial score (nSPS) is 10.2. The first-order valence-corrected chi connectivity index (χ1v) is 8.81. The third-order valence-corrected chi connectivity index (χ3v) is 3.75. The van der Waals surface area contributed by atoms with Crippen molar-refractivity contribution in [2.45, 2.75) is 33.6 Å². The number of aryl methyl sites for hydroxylation is 1. The Morgan fingerprint density at radius 2 is 1.96 bits per heavy atom. The lowest BCUT2D eigenvalue weighted by atomic mass is 10.1. The molecule has 0 saturated carbocycles. The van der Waals surface area contributed by atoms with Gasteiger partial charge in [0.25, 0.3) is 5.91 Å². The lowest BCUT2D eigenvalue weighted by Gasteiger charge is -2.12. The maximum absolute atomic E-state index is 11.7. The molecule has 0 radical (unpaired) electrons. The number of halogens is 1. The van der Waals surface area contributed by atoms with E-state index < -0.39 is 5.91 Å². The van der Waals surface area contributed by atoms with E-state index >= 15 is 0 Å². The molecule has 132 valence electrons. The number of nitrogens with one attached hydrogen (secondary N) is 3. The van der Waals surface area contributed by atoms with E-state index in [2.05, 4.69) is 39.0 Å². The number of ether oxygens (including phenoxy) is 1. The average molecular weight is 416 g/mol. The van der Waals surface area contributed by atoms with E-state index in [9.17, 15) is 9.59 Å². The summed E-state index contributed by atoms with van der Waals surface area (Å²) >= 11 is 8.33. The van der Waals surface area contributed by atoms with Crippen LogP contribution < -0.4 is 20.9 Å². The number of hydrazine groups is 1. The van der Waals surface area contributed by atoms with E-state index in [0.717, 1.165) is 10.9 Å². The summed E-state index contributed by atoms with van der Waals surface area (Å²) in [4.78, 5) is 23.3. The summed E-state index contributed by atoms with van der Waals surface area (Å²) in [5.41, 5.74) is 6.00. The van der Waals surface area contributed by atoms with Crippen LogP contribution in [0.4, 0.5) is 0 Å². The molecule has 0 saturated heterocycles. The van der Waals surface area contributed by atoms with Gasteiger partial charge in [-0.2, -0.15) is 0 Å². The first-order valence-electron chi connectivity index (χ1n) is 7.61. The highest BCUT2D eigenvalue weighted by Gasteiger charge is 2.09. The molecule has 0 aromatic heterocycles. The number of hydrogen-bond donors (Lipinski definition) is 3. The molecule has 0 aliphatic heterocycles. The lowest BCUT2D eigenvalue weighted by molar-refractivity contribution is -0.124. The Balaban J connectivity index is 2.34. The average Bonchev–Trinajstić information content (AvgIpc) is 2.50. The minimum atomic E-state index is -0.415. The number of carbonyl (C=O) groups is 2. The first-order chi connectivity index (χ1) is 11.3.